The smallest absolute Gasteiger partial charge is 0.255 e. The third-order valence-corrected chi connectivity index (χ3v) is 9.71. The minimum absolute atomic E-state index is 0.00379. The van der Waals surface area contributed by atoms with Gasteiger partial charge in [0.25, 0.3) is 5.91 Å². The van der Waals surface area contributed by atoms with E-state index >= 15 is 0 Å². The first-order valence-corrected chi connectivity index (χ1v) is 18.2. The highest BCUT2D eigenvalue weighted by Crippen LogP contribution is 2.23. The molecule has 7 N–H and O–H groups in total. The molecule has 2 aliphatic rings. The summed E-state index contributed by atoms with van der Waals surface area (Å²) in [7, 11) is 0. The molecule has 0 spiro atoms. The number of aromatic nitrogens is 1. The Morgan fingerprint density at radius 1 is 0.926 bits per heavy atom. The monoisotopic (exact) mass is 751 g/mol. The molecule has 3 aromatic rings. The Kier molecular flexibility index (Phi) is 13.0. The average molecular weight is 752 g/mol. The second-order valence-corrected chi connectivity index (χ2v) is 14.4. The molecule has 2 saturated heterocycles. The molecule has 54 heavy (non-hydrogen) atoms. The zero-order chi connectivity index (χ0) is 39.1. The lowest BCUT2D eigenvalue weighted by Gasteiger charge is -2.30. The molecule has 0 unspecified atom stereocenters. The number of para-hydroxylation sites is 1. The van der Waals surface area contributed by atoms with Crippen molar-refractivity contribution in [1.82, 2.24) is 36.5 Å². The van der Waals surface area contributed by atoms with E-state index in [4.69, 9.17) is 0 Å². The van der Waals surface area contributed by atoms with E-state index < -0.39 is 89.0 Å². The van der Waals surface area contributed by atoms with Gasteiger partial charge in [-0.05, 0) is 62.3 Å². The van der Waals surface area contributed by atoms with E-state index in [2.05, 4.69) is 31.6 Å². The number of hydrogen-bond acceptors (Lipinski definition) is 7. The van der Waals surface area contributed by atoms with E-state index in [-0.39, 0.29) is 51.1 Å². The van der Waals surface area contributed by atoms with Crippen LogP contribution in [0.3, 0.4) is 0 Å². The highest BCUT2D eigenvalue weighted by molar-refractivity contribution is 5.99. The Morgan fingerprint density at radius 3 is 2.43 bits per heavy atom. The fourth-order valence-corrected chi connectivity index (χ4v) is 6.86. The van der Waals surface area contributed by atoms with Crippen LogP contribution in [0.25, 0.3) is 10.9 Å². The molecule has 16 heteroatoms. The third kappa shape index (κ3) is 9.58. The van der Waals surface area contributed by atoms with Crippen molar-refractivity contribution in [3.05, 3.63) is 71.4 Å². The van der Waals surface area contributed by atoms with Crippen LogP contribution in [0.4, 0.5) is 8.78 Å². The van der Waals surface area contributed by atoms with Crippen LogP contribution in [0.1, 0.15) is 68.8 Å². The Hall–Kier alpha value is -5.38. The maximum absolute atomic E-state index is 14.5. The molecule has 6 atom stereocenters. The van der Waals surface area contributed by atoms with Gasteiger partial charge in [0.1, 0.15) is 30.2 Å². The van der Waals surface area contributed by atoms with E-state index in [1.807, 2.05) is 38.1 Å². The number of aliphatic hydroxyl groups is 1. The van der Waals surface area contributed by atoms with Crippen LogP contribution in [-0.4, -0.2) is 99.8 Å². The lowest BCUT2D eigenvalue weighted by molar-refractivity contribution is -0.142. The highest BCUT2D eigenvalue weighted by Gasteiger charge is 2.42. The predicted octanol–water partition coefficient (Wildman–Crippen LogP) is 1.57. The fraction of sp³-hybridized carbons (Fsp3) is 0.474. The lowest BCUT2D eigenvalue weighted by Crippen LogP contribution is -2.59. The summed E-state index contributed by atoms with van der Waals surface area (Å²) in [6.07, 6.45) is 1.51. The summed E-state index contributed by atoms with van der Waals surface area (Å²) in [5.41, 5.74) is 0.878. The van der Waals surface area contributed by atoms with Gasteiger partial charge in [-0.15, -0.1) is 0 Å². The zero-order valence-corrected chi connectivity index (χ0v) is 30.4. The van der Waals surface area contributed by atoms with Crippen LogP contribution in [0, 0.1) is 17.6 Å². The molecule has 5 rings (SSSR count). The predicted molar refractivity (Wildman–Crippen MR) is 194 cm³/mol. The van der Waals surface area contributed by atoms with Gasteiger partial charge in [0.2, 0.25) is 29.5 Å². The molecular weight excluding hydrogens is 704 g/mol. The van der Waals surface area contributed by atoms with Gasteiger partial charge in [0.05, 0.1) is 11.7 Å². The molecule has 3 heterocycles. The molecular formula is C38H47F2N7O7. The van der Waals surface area contributed by atoms with Crippen molar-refractivity contribution in [2.75, 3.05) is 13.1 Å². The van der Waals surface area contributed by atoms with Crippen molar-refractivity contribution in [1.29, 1.82) is 0 Å². The topological polar surface area (TPSA) is 202 Å². The summed E-state index contributed by atoms with van der Waals surface area (Å²) in [6.45, 7) is 5.14. The summed E-state index contributed by atoms with van der Waals surface area (Å²) < 4.78 is 28.4. The molecule has 0 aliphatic carbocycles. The number of nitrogens with zero attached hydrogens (tertiary/aromatic N) is 1. The van der Waals surface area contributed by atoms with Crippen molar-refractivity contribution < 1.29 is 42.7 Å². The summed E-state index contributed by atoms with van der Waals surface area (Å²) in [4.78, 5) is 86.2. The number of carbonyl (C=O) groups excluding carboxylic acids is 6. The van der Waals surface area contributed by atoms with Crippen molar-refractivity contribution >= 4 is 46.3 Å². The number of hydrogen-bond donors (Lipinski definition) is 7. The second-order valence-electron chi connectivity index (χ2n) is 14.4. The van der Waals surface area contributed by atoms with Gasteiger partial charge in [0.15, 0.2) is 11.6 Å². The summed E-state index contributed by atoms with van der Waals surface area (Å²) in [5.74, 6) is -7.02. The molecule has 290 valence electrons. The largest absolute Gasteiger partial charge is 0.391 e. The van der Waals surface area contributed by atoms with E-state index in [1.54, 1.807) is 6.20 Å². The van der Waals surface area contributed by atoms with Crippen molar-refractivity contribution in [3.8, 4) is 0 Å². The van der Waals surface area contributed by atoms with E-state index in [9.17, 15) is 42.7 Å². The van der Waals surface area contributed by atoms with Crippen molar-refractivity contribution in [2.45, 2.75) is 95.6 Å². The van der Waals surface area contributed by atoms with Crippen LogP contribution in [0.5, 0.6) is 0 Å². The number of rotatable bonds is 6. The number of H-pyrrole nitrogens is 1. The van der Waals surface area contributed by atoms with Crippen LogP contribution in [0.15, 0.2) is 48.7 Å². The van der Waals surface area contributed by atoms with Gasteiger partial charge in [-0.3, -0.25) is 28.8 Å². The minimum Gasteiger partial charge on any atom is -0.391 e. The molecule has 0 bridgehead atoms. The molecule has 6 amide bonds. The molecule has 1 aromatic heterocycles. The number of aliphatic hydroxyl groups excluding tert-OH is 1. The van der Waals surface area contributed by atoms with Crippen LogP contribution < -0.4 is 26.6 Å². The van der Waals surface area contributed by atoms with Crippen molar-refractivity contribution in [2.24, 2.45) is 5.92 Å². The zero-order valence-electron chi connectivity index (χ0n) is 30.4. The van der Waals surface area contributed by atoms with Gasteiger partial charge in [0, 0.05) is 43.0 Å². The summed E-state index contributed by atoms with van der Waals surface area (Å²) in [5, 5.41) is 24.6. The number of carbonyl (C=O) groups is 6. The number of fused-ring (bicyclic) bond motifs is 2. The van der Waals surface area contributed by atoms with Crippen molar-refractivity contribution in [3.63, 3.8) is 0 Å². The van der Waals surface area contributed by atoms with E-state index in [0.717, 1.165) is 29.1 Å². The maximum atomic E-state index is 14.5. The minimum atomic E-state index is -1.39. The van der Waals surface area contributed by atoms with E-state index in [1.165, 1.54) is 11.8 Å². The fourth-order valence-electron chi connectivity index (χ4n) is 6.86. The second kappa shape index (κ2) is 17.6. The highest BCUT2D eigenvalue weighted by atomic mass is 19.2. The Balaban J connectivity index is 1.45. The molecule has 0 saturated carbocycles. The van der Waals surface area contributed by atoms with Crippen LogP contribution in [-0.2, 0) is 30.4 Å². The van der Waals surface area contributed by atoms with Gasteiger partial charge < -0.3 is 41.6 Å². The molecule has 2 fully saturated rings. The standard InChI is InChI=1S/C38H47F2N7O7/c1-20(2)15-30-38(54)47-19-23(48)17-31(47)37(53)41-14-7-6-13-28(44-34(50)25-10-8-11-26(39)32(25)40)35(51)43-21(3)33(49)45-29(36(52)46-30)16-22-18-42-27-12-5-4-9-24(22)27/h4-5,8-12,18,20-21,23,28-31,42,48H,6-7,13-17,19H2,1-3H3,(H,41,53)(H,43,51)(H,44,50)(H,45,49)(H,46,52)/t21-,23-,28+,29+,30-,31+/m1/s1. The SMILES string of the molecule is CC(C)C[C@H]1NC(=O)[C@H](Cc2c[nH]c3ccccc23)NC(=O)[C@@H](C)NC(=O)[C@@H](NC(=O)c2cccc(F)c2F)CCCCNC(=O)[C@@H]2C[C@@H](O)CN2C1=O. The molecule has 0 radical (unpaired) electrons. The molecule has 2 aromatic carbocycles. The number of nitrogens with one attached hydrogen (secondary N) is 6. The number of benzene rings is 2. The first-order valence-electron chi connectivity index (χ1n) is 18.2. The Labute approximate surface area is 311 Å². The number of aromatic amines is 1. The van der Waals surface area contributed by atoms with Crippen LogP contribution >= 0.6 is 0 Å². The lowest BCUT2D eigenvalue weighted by atomic mass is 10.00. The van der Waals surface area contributed by atoms with E-state index in [0.29, 0.717) is 12.0 Å². The van der Waals surface area contributed by atoms with Gasteiger partial charge in [-0.25, -0.2) is 8.78 Å². The van der Waals surface area contributed by atoms with Gasteiger partial charge >= 0.3 is 0 Å². The quantitative estimate of drug-likeness (QED) is 0.198. The normalized spacial score (nSPS) is 25.2. The Morgan fingerprint density at radius 2 is 1.67 bits per heavy atom. The number of amides is 6. The third-order valence-electron chi connectivity index (χ3n) is 9.71. The molecule has 2 aliphatic heterocycles. The summed E-state index contributed by atoms with van der Waals surface area (Å²) >= 11 is 0. The first-order chi connectivity index (χ1) is 25.7. The summed E-state index contributed by atoms with van der Waals surface area (Å²) in [6, 6.07) is 4.58. The number of halogens is 2. The molecule has 14 nitrogen and oxygen atoms in total. The van der Waals surface area contributed by atoms with Gasteiger partial charge in [-0.1, -0.05) is 38.1 Å². The first kappa shape index (κ1) is 39.8. The van der Waals surface area contributed by atoms with Gasteiger partial charge in [-0.2, -0.15) is 0 Å². The Bertz CT molecular complexity index is 1880. The maximum Gasteiger partial charge on any atom is 0.255 e. The van der Waals surface area contributed by atoms with Crippen LogP contribution in [0.2, 0.25) is 0 Å². The average Bonchev–Trinajstić information content (AvgIpc) is 3.73.